The highest BCUT2D eigenvalue weighted by atomic mass is 16.5. The fraction of sp³-hybridized carbons (Fsp3) is 0.421. The van der Waals surface area contributed by atoms with E-state index in [1.54, 1.807) is 4.90 Å². The zero-order chi connectivity index (χ0) is 18.1. The van der Waals surface area contributed by atoms with Gasteiger partial charge in [-0.25, -0.2) is 0 Å². The molecule has 1 N–H and O–H groups in total. The number of aromatic nitrogens is 1. The first-order valence-corrected chi connectivity index (χ1v) is 8.39. The zero-order valence-corrected chi connectivity index (χ0v) is 14.7. The molecule has 0 radical (unpaired) electrons. The minimum Gasteiger partial charge on any atom is -0.481 e. The van der Waals surface area contributed by atoms with Gasteiger partial charge in [-0.05, 0) is 30.9 Å². The lowest BCUT2D eigenvalue weighted by molar-refractivity contribution is -0.141. The predicted octanol–water partition coefficient (Wildman–Crippen LogP) is 3.00. The molecule has 1 amide bonds. The summed E-state index contributed by atoms with van der Waals surface area (Å²) in [7, 11) is 0. The van der Waals surface area contributed by atoms with Crippen LogP contribution in [0.4, 0.5) is 0 Å². The van der Waals surface area contributed by atoms with E-state index in [4.69, 9.17) is 4.52 Å². The number of aliphatic carboxylic acids is 1. The number of fused-ring (bicyclic) bond motifs is 1. The van der Waals surface area contributed by atoms with Crippen molar-refractivity contribution in [1.82, 2.24) is 10.1 Å². The Balaban J connectivity index is 1.78. The van der Waals surface area contributed by atoms with Gasteiger partial charge in [0, 0.05) is 25.1 Å². The van der Waals surface area contributed by atoms with E-state index in [-0.39, 0.29) is 18.4 Å². The number of amides is 1. The van der Waals surface area contributed by atoms with Gasteiger partial charge in [0.15, 0.2) is 0 Å². The molecule has 1 aliphatic heterocycles. The van der Waals surface area contributed by atoms with Crippen molar-refractivity contribution in [3.05, 3.63) is 52.4 Å². The lowest BCUT2D eigenvalue weighted by Gasteiger charge is -2.33. The molecule has 0 aliphatic carbocycles. The van der Waals surface area contributed by atoms with Crippen LogP contribution in [0.3, 0.4) is 0 Å². The second kappa shape index (κ2) is 6.70. The molecule has 2 unspecified atom stereocenters. The number of aryl methyl sites for hydroxylation is 2. The highest BCUT2D eigenvalue weighted by molar-refractivity contribution is 5.82. The fourth-order valence-electron chi connectivity index (χ4n) is 3.69. The number of carboxylic acids is 1. The molecule has 1 aliphatic rings. The molecule has 3 rings (SSSR count). The molecule has 0 spiro atoms. The van der Waals surface area contributed by atoms with Crippen molar-refractivity contribution in [3.8, 4) is 0 Å². The third-order valence-corrected chi connectivity index (χ3v) is 4.91. The van der Waals surface area contributed by atoms with Gasteiger partial charge >= 0.3 is 5.97 Å². The van der Waals surface area contributed by atoms with Crippen LogP contribution in [0.5, 0.6) is 0 Å². The monoisotopic (exact) mass is 342 g/mol. The van der Waals surface area contributed by atoms with Crippen LogP contribution in [0.1, 0.15) is 53.3 Å². The van der Waals surface area contributed by atoms with Crippen molar-refractivity contribution < 1.29 is 19.2 Å². The molecule has 6 heteroatoms. The van der Waals surface area contributed by atoms with Crippen molar-refractivity contribution in [1.29, 1.82) is 0 Å². The average molecular weight is 342 g/mol. The number of carboxylic acid groups (broad SMARTS) is 1. The molecular formula is C19H22N2O4. The molecule has 0 saturated heterocycles. The van der Waals surface area contributed by atoms with Crippen molar-refractivity contribution in [3.63, 3.8) is 0 Å². The topological polar surface area (TPSA) is 83.6 Å². The summed E-state index contributed by atoms with van der Waals surface area (Å²) in [4.78, 5) is 26.1. The first-order valence-electron chi connectivity index (χ1n) is 8.39. The molecule has 2 heterocycles. The lowest BCUT2D eigenvalue weighted by atomic mass is 9.89. The molecule has 1 aromatic carbocycles. The molecule has 2 aromatic rings. The quantitative estimate of drug-likeness (QED) is 0.923. The number of rotatable bonds is 4. The molecule has 0 saturated carbocycles. The Morgan fingerprint density at radius 2 is 2.08 bits per heavy atom. The smallest absolute Gasteiger partial charge is 0.312 e. The van der Waals surface area contributed by atoms with Crippen molar-refractivity contribution in [2.75, 3.05) is 6.54 Å². The standard InChI is InChI=1S/C19H22N2O4/c1-11(18-12(2)20-25-13(18)3)8-17(22)21-9-14-6-4-5-7-15(14)16(10-21)19(23)24/h4-7,11,16H,8-10H2,1-3H3,(H,23,24). The van der Waals surface area contributed by atoms with Gasteiger partial charge in [0.25, 0.3) is 0 Å². The average Bonchev–Trinajstić information content (AvgIpc) is 2.92. The van der Waals surface area contributed by atoms with Gasteiger partial charge in [0.1, 0.15) is 5.76 Å². The Morgan fingerprint density at radius 3 is 2.72 bits per heavy atom. The molecule has 25 heavy (non-hydrogen) atoms. The Labute approximate surface area is 146 Å². The van der Waals surface area contributed by atoms with Gasteiger partial charge in [-0.3, -0.25) is 9.59 Å². The van der Waals surface area contributed by atoms with Gasteiger partial charge in [0.05, 0.1) is 11.6 Å². The van der Waals surface area contributed by atoms with E-state index in [0.29, 0.717) is 13.0 Å². The van der Waals surface area contributed by atoms with Gasteiger partial charge < -0.3 is 14.5 Å². The molecule has 132 valence electrons. The number of hydrogen-bond acceptors (Lipinski definition) is 4. The summed E-state index contributed by atoms with van der Waals surface area (Å²) in [6, 6.07) is 7.44. The van der Waals surface area contributed by atoms with E-state index >= 15 is 0 Å². The number of hydrogen-bond donors (Lipinski definition) is 1. The summed E-state index contributed by atoms with van der Waals surface area (Å²) in [5.74, 6) is -0.926. The van der Waals surface area contributed by atoms with Crippen LogP contribution in [-0.2, 0) is 16.1 Å². The first kappa shape index (κ1) is 17.2. The minimum absolute atomic E-state index is 0.0285. The highest BCUT2D eigenvalue weighted by Gasteiger charge is 2.33. The number of benzene rings is 1. The van der Waals surface area contributed by atoms with Gasteiger partial charge in [-0.1, -0.05) is 36.3 Å². The summed E-state index contributed by atoms with van der Waals surface area (Å²) >= 11 is 0. The summed E-state index contributed by atoms with van der Waals surface area (Å²) in [5, 5.41) is 13.5. The second-order valence-corrected chi connectivity index (χ2v) is 6.71. The summed E-state index contributed by atoms with van der Waals surface area (Å²) in [6.07, 6.45) is 0.303. The Bertz CT molecular complexity index is 792. The maximum atomic E-state index is 12.8. The summed E-state index contributed by atoms with van der Waals surface area (Å²) in [6.45, 7) is 6.34. The third kappa shape index (κ3) is 3.29. The van der Waals surface area contributed by atoms with E-state index in [1.165, 1.54) is 0 Å². The molecule has 2 atom stereocenters. The second-order valence-electron chi connectivity index (χ2n) is 6.71. The maximum Gasteiger partial charge on any atom is 0.312 e. The van der Waals surface area contributed by atoms with Crippen LogP contribution in [0.15, 0.2) is 28.8 Å². The Morgan fingerprint density at radius 1 is 1.36 bits per heavy atom. The molecule has 0 fully saturated rings. The van der Waals surface area contributed by atoms with Gasteiger partial charge in [0.2, 0.25) is 5.91 Å². The van der Waals surface area contributed by atoms with Crippen LogP contribution in [0.25, 0.3) is 0 Å². The molecule has 1 aromatic heterocycles. The minimum atomic E-state index is -0.899. The third-order valence-electron chi connectivity index (χ3n) is 4.91. The molecular weight excluding hydrogens is 320 g/mol. The zero-order valence-electron chi connectivity index (χ0n) is 14.7. The van der Waals surface area contributed by atoms with Crippen LogP contribution in [-0.4, -0.2) is 33.6 Å². The normalized spacial score (nSPS) is 17.9. The molecule has 6 nitrogen and oxygen atoms in total. The number of nitrogens with zero attached hydrogens (tertiary/aromatic N) is 2. The van der Waals surface area contributed by atoms with Gasteiger partial charge in [-0.15, -0.1) is 0 Å². The Hall–Kier alpha value is -2.63. The van der Waals surface area contributed by atoms with E-state index in [9.17, 15) is 14.7 Å². The number of carbonyl (C=O) groups is 2. The van der Waals surface area contributed by atoms with Crippen LogP contribution in [0.2, 0.25) is 0 Å². The first-order chi connectivity index (χ1) is 11.9. The number of carbonyl (C=O) groups excluding carboxylic acids is 1. The van der Waals surface area contributed by atoms with Crippen molar-refractivity contribution >= 4 is 11.9 Å². The largest absolute Gasteiger partial charge is 0.481 e. The van der Waals surface area contributed by atoms with Crippen molar-refractivity contribution in [2.24, 2.45) is 0 Å². The van der Waals surface area contributed by atoms with Crippen molar-refractivity contribution in [2.45, 2.75) is 45.6 Å². The van der Waals surface area contributed by atoms with Crippen LogP contribution < -0.4 is 0 Å². The highest BCUT2D eigenvalue weighted by Crippen LogP contribution is 2.31. The van der Waals surface area contributed by atoms with E-state index in [2.05, 4.69) is 5.16 Å². The summed E-state index contributed by atoms with van der Waals surface area (Å²) < 4.78 is 5.19. The van der Waals surface area contributed by atoms with E-state index in [0.717, 1.165) is 28.1 Å². The van der Waals surface area contributed by atoms with E-state index < -0.39 is 11.9 Å². The predicted molar refractivity (Wildman–Crippen MR) is 91.2 cm³/mol. The van der Waals surface area contributed by atoms with Crippen LogP contribution >= 0.6 is 0 Å². The summed E-state index contributed by atoms with van der Waals surface area (Å²) in [5.41, 5.74) is 3.46. The van der Waals surface area contributed by atoms with E-state index in [1.807, 2.05) is 45.0 Å². The Kier molecular flexibility index (Phi) is 4.61. The van der Waals surface area contributed by atoms with Gasteiger partial charge in [-0.2, -0.15) is 0 Å². The lowest BCUT2D eigenvalue weighted by Crippen LogP contribution is -2.41. The maximum absolute atomic E-state index is 12.8. The molecule has 0 bridgehead atoms. The SMILES string of the molecule is Cc1noc(C)c1C(C)CC(=O)N1Cc2ccccc2C(C(=O)O)C1. The van der Waals surface area contributed by atoms with Crippen LogP contribution in [0, 0.1) is 13.8 Å². The fourth-order valence-corrected chi connectivity index (χ4v) is 3.69.